The summed E-state index contributed by atoms with van der Waals surface area (Å²) in [6.45, 7) is 11.7. The van der Waals surface area contributed by atoms with E-state index in [1.54, 1.807) is 0 Å². The number of hydrogen-bond acceptors (Lipinski definition) is 3. The van der Waals surface area contributed by atoms with Gasteiger partial charge < -0.3 is 5.11 Å². The molecule has 0 aromatic heterocycles. The lowest BCUT2D eigenvalue weighted by Gasteiger charge is -2.45. The number of fused-ring (bicyclic) bond motifs is 1. The molecule has 3 nitrogen and oxygen atoms in total. The molecular weight excluding hydrogens is 286 g/mol. The van der Waals surface area contributed by atoms with Crippen LogP contribution < -0.4 is 0 Å². The van der Waals surface area contributed by atoms with Gasteiger partial charge in [-0.25, -0.2) is 0 Å². The van der Waals surface area contributed by atoms with Gasteiger partial charge in [-0.15, -0.1) is 0 Å². The average molecular weight is 324 g/mol. The highest BCUT2D eigenvalue weighted by Crippen LogP contribution is 2.58. The Hall–Kier alpha value is -0.120. The van der Waals surface area contributed by atoms with Crippen LogP contribution in [0.4, 0.5) is 0 Å². The lowest BCUT2D eigenvalue weighted by molar-refractivity contribution is -0.180. The van der Waals surface area contributed by atoms with Gasteiger partial charge in [-0.2, -0.15) is 5.06 Å². The fourth-order valence-electron chi connectivity index (χ4n) is 6.32. The molecule has 0 aromatic carbocycles. The Kier molecular flexibility index (Phi) is 4.61. The average Bonchev–Trinajstić information content (AvgIpc) is 2.89. The fraction of sp³-hybridized carbons (Fsp3) is 1.00. The van der Waals surface area contributed by atoms with E-state index in [0.717, 1.165) is 12.3 Å². The van der Waals surface area contributed by atoms with Gasteiger partial charge in [0.25, 0.3) is 0 Å². The number of rotatable bonds is 3. The molecule has 1 heterocycles. The predicted molar refractivity (Wildman–Crippen MR) is 93.8 cm³/mol. The van der Waals surface area contributed by atoms with E-state index in [0.29, 0.717) is 29.2 Å². The van der Waals surface area contributed by atoms with E-state index in [1.165, 1.54) is 32.1 Å². The van der Waals surface area contributed by atoms with Gasteiger partial charge in [0.05, 0.1) is 11.7 Å². The van der Waals surface area contributed by atoms with Gasteiger partial charge in [0.2, 0.25) is 0 Å². The van der Waals surface area contributed by atoms with Crippen molar-refractivity contribution in [3.05, 3.63) is 0 Å². The quantitative estimate of drug-likeness (QED) is 0.843. The number of aliphatic hydroxyl groups is 1. The van der Waals surface area contributed by atoms with Gasteiger partial charge in [0, 0.05) is 19.0 Å². The minimum Gasteiger partial charge on any atom is -0.393 e. The van der Waals surface area contributed by atoms with Crippen LogP contribution in [0.3, 0.4) is 0 Å². The highest BCUT2D eigenvalue weighted by molar-refractivity contribution is 5.02. The largest absolute Gasteiger partial charge is 0.393 e. The molecule has 1 aliphatic heterocycles. The Morgan fingerprint density at radius 1 is 1.22 bits per heavy atom. The first-order valence-electron chi connectivity index (χ1n) is 9.77. The van der Waals surface area contributed by atoms with Crippen molar-refractivity contribution in [3.8, 4) is 0 Å². The molecule has 0 aromatic rings. The van der Waals surface area contributed by atoms with Crippen LogP contribution in [-0.4, -0.2) is 35.0 Å². The molecule has 1 saturated heterocycles. The minimum atomic E-state index is -0.0544. The van der Waals surface area contributed by atoms with E-state index in [9.17, 15) is 5.11 Å². The highest BCUT2D eigenvalue weighted by Gasteiger charge is 2.53. The smallest absolute Gasteiger partial charge is 0.0884 e. The number of hydroxylamine groups is 2. The second-order valence-electron chi connectivity index (χ2n) is 9.57. The molecule has 0 amide bonds. The summed E-state index contributed by atoms with van der Waals surface area (Å²) >= 11 is 0. The Labute approximate surface area is 142 Å². The fourth-order valence-corrected chi connectivity index (χ4v) is 6.32. The maximum Gasteiger partial charge on any atom is 0.0884 e. The first-order chi connectivity index (χ1) is 10.7. The summed E-state index contributed by atoms with van der Waals surface area (Å²) in [6, 6.07) is 0.510. The first-order valence-corrected chi connectivity index (χ1v) is 9.77. The maximum absolute atomic E-state index is 10.5. The Balaban J connectivity index is 1.70. The molecular formula is C20H37NO2. The summed E-state index contributed by atoms with van der Waals surface area (Å²) in [4.78, 5) is 6.08. The van der Waals surface area contributed by atoms with Gasteiger partial charge in [0.15, 0.2) is 0 Å². The summed E-state index contributed by atoms with van der Waals surface area (Å²) in [6.07, 6.45) is 7.21. The minimum absolute atomic E-state index is 0.0533. The molecule has 3 aliphatic rings. The van der Waals surface area contributed by atoms with E-state index in [1.807, 2.05) is 0 Å². The van der Waals surface area contributed by atoms with Crippen LogP contribution in [0.2, 0.25) is 0 Å². The zero-order chi connectivity index (χ0) is 17.0. The second-order valence-corrected chi connectivity index (χ2v) is 9.57. The van der Waals surface area contributed by atoms with Crippen LogP contribution in [0.15, 0.2) is 0 Å². The van der Waals surface area contributed by atoms with Gasteiger partial charge in [0.1, 0.15) is 0 Å². The third-order valence-electron chi connectivity index (χ3n) is 7.98. The van der Waals surface area contributed by atoms with Gasteiger partial charge in [-0.05, 0) is 69.1 Å². The lowest BCUT2D eigenvalue weighted by Crippen LogP contribution is -2.42. The van der Waals surface area contributed by atoms with Crippen molar-refractivity contribution in [3.63, 3.8) is 0 Å². The molecule has 3 rings (SSSR count). The Bertz CT molecular complexity index is 437. The zero-order valence-electron chi connectivity index (χ0n) is 16.0. The number of hydrogen-bond donors (Lipinski definition) is 1. The van der Waals surface area contributed by atoms with Crippen LogP contribution in [0, 0.1) is 29.1 Å². The Morgan fingerprint density at radius 3 is 2.52 bits per heavy atom. The Morgan fingerprint density at radius 2 is 1.91 bits per heavy atom. The molecule has 0 bridgehead atoms. The summed E-state index contributed by atoms with van der Waals surface area (Å²) in [5, 5.41) is 12.6. The molecule has 2 unspecified atom stereocenters. The SMILES string of the molecule is CC(C[C@H]1C(C)C(C)(C)ON1C)[C@H]1CC[C@H]2[C@@H](O)CCC[C@]12C. The van der Waals surface area contributed by atoms with E-state index >= 15 is 0 Å². The molecule has 0 spiro atoms. The normalized spacial score (nSPS) is 48.4. The molecule has 134 valence electrons. The standard InChI is InChI=1S/C20H37NO2/c1-13(12-17-14(2)19(3,4)23-21(17)6)15-9-10-16-18(22)8-7-11-20(15,16)5/h13-18,22H,7-12H2,1-6H3/t13?,14?,15-,16+,17+,18+,20-/m1/s1. The molecule has 3 fully saturated rings. The van der Waals surface area contributed by atoms with Crippen molar-refractivity contribution in [1.29, 1.82) is 0 Å². The van der Waals surface area contributed by atoms with Crippen molar-refractivity contribution in [1.82, 2.24) is 5.06 Å². The molecule has 1 N–H and O–H groups in total. The van der Waals surface area contributed by atoms with E-state index in [-0.39, 0.29) is 11.7 Å². The molecule has 23 heavy (non-hydrogen) atoms. The highest BCUT2D eigenvalue weighted by atomic mass is 16.7. The third-order valence-corrected chi connectivity index (χ3v) is 7.98. The monoisotopic (exact) mass is 323 g/mol. The van der Waals surface area contributed by atoms with E-state index < -0.39 is 0 Å². The van der Waals surface area contributed by atoms with Gasteiger partial charge in [-0.3, -0.25) is 4.84 Å². The summed E-state index contributed by atoms with van der Waals surface area (Å²) in [5.41, 5.74) is 0.302. The first kappa shape index (κ1) is 17.7. The van der Waals surface area contributed by atoms with Crippen LogP contribution in [0.25, 0.3) is 0 Å². The summed E-state index contributed by atoms with van der Waals surface area (Å²) < 4.78 is 0. The molecule has 3 heteroatoms. The van der Waals surface area contributed by atoms with Crippen molar-refractivity contribution in [2.24, 2.45) is 29.1 Å². The number of aliphatic hydroxyl groups excluding tert-OH is 1. The van der Waals surface area contributed by atoms with Crippen LogP contribution in [0.1, 0.15) is 73.1 Å². The number of nitrogens with zero attached hydrogens (tertiary/aromatic N) is 1. The van der Waals surface area contributed by atoms with Crippen molar-refractivity contribution >= 4 is 0 Å². The zero-order valence-corrected chi connectivity index (χ0v) is 16.0. The summed E-state index contributed by atoms with van der Waals surface area (Å²) in [5.74, 6) is 2.54. The van der Waals surface area contributed by atoms with Crippen LogP contribution in [0.5, 0.6) is 0 Å². The van der Waals surface area contributed by atoms with Crippen LogP contribution in [-0.2, 0) is 4.84 Å². The lowest BCUT2D eigenvalue weighted by atomic mass is 9.61. The van der Waals surface area contributed by atoms with Crippen molar-refractivity contribution in [2.75, 3.05) is 7.05 Å². The second kappa shape index (κ2) is 6.00. The predicted octanol–water partition coefficient (Wildman–Crippen LogP) is 4.25. The molecule has 2 saturated carbocycles. The summed E-state index contributed by atoms with van der Waals surface area (Å²) in [7, 11) is 2.10. The van der Waals surface area contributed by atoms with Crippen molar-refractivity contribution < 1.29 is 9.94 Å². The maximum atomic E-state index is 10.5. The van der Waals surface area contributed by atoms with E-state index in [4.69, 9.17) is 4.84 Å². The van der Waals surface area contributed by atoms with Gasteiger partial charge >= 0.3 is 0 Å². The third kappa shape index (κ3) is 2.87. The molecule has 0 radical (unpaired) electrons. The molecule has 2 aliphatic carbocycles. The van der Waals surface area contributed by atoms with Crippen molar-refractivity contribution in [2.45, 2.75) is 90.9 Å². The van der Waals surface area contributed by atoms with E-state index in [2.05, 4.69) is 46.7 Å². The van der Waals surface area contributed by atoms with Gasteiger partial charge in [-0.1, -0.05) is 27.2 Å². The van der Waals surface area contributed by atoms with Crippen LogP contribution >= 0.6 is 0 Å². The molecule has 7 atom stereocenters. The topological polar surface area (TPSA) is 32.7 Å².